The van der Waals surface area contributed by atoms with Crippen LogP contribution in [0.3, 0.4) is 0 Å². The van der Waals surface area contributed by atoms with Crippen LogP contribution in [0.15, 0.2) is 24.3 Å². The van der Waals surface area contributed by atoms with Crippen molar-refractivity contribution in [3.8, 4) is 10.4 Å². The summed E-state index contributed by atoms with van der Waals surface area (Å²) in [6.07, 6.45) is -4.34. The number of benzene rings is 1. The number of nitrogens with zero attached hydrogens (tertiary/aromatic N) is 1. The Balaban J connectivity index is 2.47. The molecule has 0 atom stereocenters. The van der Waals surface area contributed by atoms with E-state index in [0.29, 0.717) is 21.3 Å². The number of alkyl halides is 3. The van der Waals surface area contributed by atoms with Crippen LogP contribution in [0.4, 0.5) is 18.3 Å². The number of nitrogen functional groups attached to an aromatic ring is 1. The highest BCUT2D eigenvalue weighted by Gasteiger charge is 2.30. The summed E-state index contributed by atoms with van der Waals surface area (Å²) in [7, 11) is 0. The van der Waals surface area contributed by atoms with Gasteiger partial charge in [0.15, 0.2) is 5.13 Å². The number of hydrogen-bond acceptors (Lipinski definition) is 4. The third-order valence-electron chi connectivity index (χ3n) is 2.37. The van der Waals surface area contributed by atoms with Gasteiger partial charge in [-0.1, -0.05) is 23.5 Å². The maximum atomic E-state index is 12.6. The van der Waals surface area contributed by atoms with Crippen molar-refractivity contribution in [3.63, 3.8) is 0 Å². The molecule has 1 aromatic carbocycles. The molecule has 0 amide bonds. The van der Waals surface area contributed by atoms with E-state index in [-0.39, 0.29) is 0 Å². The molecule has 0 aliphatic rings. The highest BCUT2D eigenvalue weighted by molar-refractivity contribution is 7.19. The van der Waals surface area contributed by atoms with E-state index in [1.807, 2.05) is 0 Å². The molecule has 0 saturated heterocycles. The van der Waals surface area contributed by atoms with E-state index in [1.165, 1.54) is 17.4 Å². The third-order valence-corrected chi connectivity index (χ3v) is 3.51. The molecule has 0 aliphatic carbocycles. The fourth-order valence-corrected chi connectivity index (χ4v) is 2.44. The van der Waals surface area contributed by atoms with Gasteiger partial charge < -0.3 is 0 Å². The molecule has 7 heteroatoms. The largest absolute Gasteiger partial charge is 0.416 e. The van der Waals surface area contributed by atoms with Gasteiger partial charge in [0.25, 0.3) is 0 Å². The Labute approximate surface area is 105 Å². The van der Waals surface area contributed by atoms with Gasteiger partial charge in [-0.2, -0.15) is 13.2 Å². The van der Waals surface area contributed by atoms with Crippen LogP contribution in [-0.4, -0.2) is 4.98 Å². The quantitative estimate of drug-likeness (QED) is 0.651. The number of hydrogen-bond donors (Lipinski definition) is 2. The maximum Gasteiger partial charge on any atom is 0.416 e. The van der Waals surface area contributed by atoms with E-state index in [9.17, 15) is 13.2 Å². The Bertz CT molecular complexity index is 563. The Morgan fingerprint density at radius 2 is 2.06 bits per heavy atom. The standard InChI is InChI=1S/C11H10F3N3S/c1-6-9(18-10(16-6)17-15)7-3-2-4-8(5-7)11(12,13)14/h2-5H,15H2,1H3,(H,16,17). The molecule has 0 unspecified atom stereocenters. The van der Waals surface area contributed by atoms with Crippen LogP contribution < -0.4 is 11.3 Å². The summed E-state index contributed by atoms with van der Waals surface area (Å²) in [5.41, 5.74) is 2.85. The van der Waals surface area contributed by atoms with Crippen molar-refractivity contribution in [2.75, 3.05) is 5.43 Å². The first-order chi connectivity index (χ1) is 8.41. The minimum absolute atomic E-state index is 0.472. The molecule has 0 bridgehead atoms. The van der Waals surface area contributed by atoms with Crippen molar-refractivity contribution in [2.45, 2.75) is 13.1 Å². The normalized spacial score (nSPS) is 11.6. The summed E-state index contributed by atoms with van der Waals surface area (Å²) in [6, 6.07) is 5.16. The van der Waals surface area contributed by atoms with Gasteiger partial charge in [-0.15, -0.1) is 0 Å². The van der Waals surface area contributed by atoms with Crippen molar-refractivity contribution in [3.05, 3.63) is 35.5 Å². The van der Waals surface area contributed by atoms with Gasteiger partial charge in [-0.05, 0) is 24.6 Å². The summed E-state index contributed by atoms with van der Waals surface area (Å²) in [5.74, 6) is 5.23. The van der Waals surface area contributed by atoms with E-state index in [0.717, 1.165) is 12.1 Å². The highest BCUT2D eigenvalue weighted by Crippen LogP contribution is 2.36. The zero-order chi connectivity index (χ0) is 13.3. The molecule has 0 radical (unpaired) electrons. The van der Waals surface area contributed by atoms with Crippen molar-refractivity contribution in [1.82, 2.24) is 4.98 Å². The third kappa shape index (κ3) is 2.46. The lowest BCUT2D eigenvalue weighted by atomic mass is 10.1. The second-order valence-corrected chi connectivity index (χ2v) is 4.66. The SMILES string of the molecule is Cc1nc(NN)sc1-c1cccc(C(F)(F)F)c1. The molecule has 96 valence electrons. The van der Waals surface area contributed by atoms with Gasteiger partial charge in [0.2, 0.25) is 0 Å². The number of anilines is 1. The van der Waals surface area contributed by atoms with Crippen LogP contribution in [0.1, 0.15) is 11.3 Å². The topological polar surface area (TPSA) is 50.9 Å². The number of nitrogens with one attached hydrogen (secondary N) is 1. The molecule has 0 fully saturated rings. The number of hydrazine groups is 1. The molecule has 2 rings (SSSR count). The minimum atomic E-state index is -4.34. The zero-order valence-corrected chi connectivity index (χ0v) is 10.2. The van der Waals surface area contributed by atoms with Crippen LogP contribution in [0, 0.1) is 6.92 Å². The average Bonchev–Trinajstić information content (AvgIpc) is 2.70. The molecule has 3 nitrogen and oxygen atoms in total. The Hall–Kier alpha value is -1.60. The lowest BCUT2D eigenvalue weighted by molar-refractivity contribution is -0.137. The van der Waals surface area contributed by atoms with Crippen LogP contribution in [0.25, 0.3) is 10.4 Å². The number of aryl methyl sites for hydroxylation is 1. The van der Waals surface area contributed by atoms with Gasteiger partial charge in [0.05, 0.1) is 16.1 Å². The molecule has 2 aromatic rings. The summed E-state index contributed by atoms with van der Waals surface area (Å²) < 4.78 is 37.8. The predicted molar refractivity (Wildman–Crippen MR) is 65.1 cm³/mol. The van der Waals surface area contributed by atoms with E-state index in [2.05, 4.69) is 10.4 Å². The number of nitrogens with two attached hydrogens (primary N) is 1. The van der Waals surface area contributed by atoms with Crippen LogP contribution in [-0.2, 0) is 6.18 Å². The van der Waals surface area contributed by atoms with Gasteiger partial charge in [-0.25, -0.2) is 10.8 Å². The molecule has 1 heterocycles. The molecular formula is C11H10F3N3S. The molecular weight excluding hydrogens is 263 g/mol. The first-order valence-electron chi connectivity index (χ1n) is 5.03. The number of thiazole rings is 1. The summed E-state index contributed by atoms with van der Waals surface area (Å²) in [6.45, 7) is 1.73. The zero-order valence-electron chi connectivity index (χ0n) is 9.38. The molecule has 3 N–H and O–H groups in total. The van der Waals surface area contributed by atoms with E-state index in [1.54, 1.807) is 13.0 Å². The minimum Gasteiger partial charge on any atom is -0.300 e. The molecule has 0 aliphatic heterocycles. The second-order valence-electron chi connectivity index (χ2n) is 3.66. The van der Waals surface area contributed by atoms with Gasteiger partial charge in [-0.3, -0.25) is 5.43 Å². The number of rotatable bonds is 2. The smallest absolute Gasteiger partial charge is 0.300 e. The predicted octanol–water partition coefficient (Wildman–Crippen LogP) is 3.42. The molecule has 0 saturated carbocycles. The Morgan fingerprint density at radius 1 is 1.33 bits per heavy atom. The molecule has 18 heavy (non-hydrogen) atoms. The van der Waals surface area contributed by atoms with Crippen LogP contribution in [0.2, 0.25) is 0 Å². The fourth-order valence-electron chi connectivity index (χ4n) is 1.56. The molecule has 0 spiro atoms. The van der Waals surface area contributed by atoms with Gasteiger partial charge in [0.1, 0.15) is 0 Å². The number of aromatic nitrogens is 1. The average molecular weight is 273 g/mol. The Morgan fingerprint density at radius 3 is 2.61 bits per heavy atom. The van der Waals surface area contributed by atoms with E-state index < -0.39 is 11.7 Å². The maximum absolute atomic E-state index is 12.6. The van der Waals surface area contributed by atoms with Crippen LogP contribution in [0.5, 0.6) is 0 Å². The van der Waals surface area contributed by atoms with Crippen molar-refractivity contribution in [2.24, 2.45) is 5.84 Å². The summed E-state index contributed by atoms with van der Waals surface area (Å²) in [5, 5.41) is 0.472. The first-order valence-corrected chi connectivity index (χ1v) is 5.85. The van der Waals surface area contributed by atoms with Crippen molar-refractivity contribution < 1.29 is 13.2 Å². The van der Waals surface area contributed by atoms with Gasteiger partial charge >= 0.3 is 6.18 Å². The highest BCUT2D eigenvalue weighted by atomic mass is 32.1. The lowest BCUT2D eigenvalue weighted by Crippen LogP contribution is -2.05. The monoisotopic (exact) mass is 273 g/mol. The van der Waals surface area contributed by atoms with Gasteiger partial charge in [0, 0.05) is 0 Å². The first kappa shape index (κ1) is 12.8. The Kier molecular flexibility index (Phi) is 3.27. The number of halogens is 3. The van der Waals surface area contributed by atoms with Crippen molar-refractivity contribution >= 4 is 16.5 Å². The summed E-state index contributed by atoms with van der Waals surface area (Å²) >= 11 is 1.22. The molecule has 1 aromatic heterocycles. The van der Waals surface area contributed by atoms with Crippen LogP contribution >= 0.6 is 11.3 Å². The lowest BCUT2D eigenvalue weighted by Gasteiger charge is -2.07. The van der Waals surface area contributed by atoms with E-state index in [4.69, 9.17) is 5.84 Å². The fraction of sp³-hybridized carbons (Fsp3) is 0.182. The summed E-state index contributed by atoms with van der Waals surface area (Å²) in [4.78, 5) is 4.77. The van der Waals surface area contributed by atoms with E-state index >= 15 is 0 Å². The van der Waals surface area contributed by atoms with Crippen molar-refractivity contribution in [1.29, 1.82) is 0 Å². The second kappa shape index (κ2) is 4.58.